The van der Waals surface area contributed by atoms with Crippen LogP contribution >= 0.6 is 11.6 Å². The number of halogens is 1. The maximum Gasteiger partial charge on any atom is 0.259 e. The Bertz CT molecular complexity index is 536. The molecule has 0 saturated carbocycles. The second-order valence-corrected chi connectivity index (χ2v) is 3.98. The number of primary amides is 1. The largest absolute Gasteiger partial charge is 0.493 e. The van der Waals surface area contributed by atoms with Crippen molar-refractivity contribution in [1.82, 2.24) is 0 Å². The summed E-state index contributed by atoms with van der Waals surface area (Å²) in [7, 11) is 1.38. The highest BCUT2D eigenvalue weighted by atomic mass is 35.5. The van der Waals surface area contributed by atoms with Crippen LogP contribution < -0.4 is 15.2 Å². The van der Waals surface area contributed by atoms with Crippen LogP contribution in [0.1, 0.15) is 16.8 Å². The molecule has 6 heteroatoms. The van der Waals surface area contributed by atoms with Gasteiger partial charge in [0.1, 0.15) is 6.29 Å². The molecule has 0 saturated heterocycles. The number of hydrogen-bond donors (Lipinski definition) is 1. The van der Waals surface area contributed by atoms with Crippen molar-refractivity contribution in [1.29, 1.82) is 0 Å². The normalized spacial score (nSPS) is 11.2. The molecule has 1 amide bonds. The summed E-state index contributed by atoms with van der Waals surface area (Å²) in [6, 6.07) is 2.82. The smallest absolute Gasteiger partial charge is 0.259 e. The lowest BCUT2D eigenvalue weighted by molar-refractivity contribution is -0.124. The minimum Gasteiger partial charge on any atom is -0.493 e. The number of benzene rings is 1. The average molecular weight is 282 g/mol. The van der Waals surface area contributed by atoms with Gasteiger partial charge in [0.15, 0.2) is 17.6 Å². The van der Waals surface area contributed by atoms with E-state index in [0.717, 1.165) is 0 Å². The number of nitrogens with two attached hydrogens (primary N) is 1. The molecular weight excluding hydrogens is 270 g/mol. The minimum atomic E-state index is -1.02. The third-order valence-corrected chi connectivity index (χ3v) is 2.55. The molecule has 5 nitrogen and oxygen atoms in total. The van der Waals surface area contributed by atoms with Crippen molar-refractivity contribution in [3.8, 4) is 23.8 Å². The van der Waals surface area contributed by atoms with Crippen LogP contribution in [0, 0.1) is 12.3 Å². The van der Waals surface area contributed by atoms with Crippen molar-refractivity contribution in [2.24, 2.45) is 5.73 Å². The summed E-state index contributed by atoms with van der Waals surface area (Å²) in [5.41, 5.74) is 5.49. The number of rotatable bonds is 6. The van der Waals surface area contributed by atoms with E-state index in [1.807, 2.05) is 0 Å². The van der Waals surface area contributed by atoms with Gasteiger partial charge in [-0.1, -0.05) is 11.6 Å². The first-order valence-corrected chi connectivity index (χ1v) is 5.63. The zero-order valence-corrected chi connectivity index (χ0v) is 10.9. The lowest BCUT2D eigenvalue weighted by Gasteiger charge is -2.17. The van der Waals surface area contributed by atoms with Crippen molar-refractivity contribution in [3.63, 3.8) is 0 Å². The molecular formula is C13H12ClNO4. The number of carbonyl (C=O) groups is 2. The van der Waals surface area contributed by atoms with Crippen molar-refractivity contribution in [3.05, 3.63) is 22.7 Å². The minimum absolute atomic E-state index is 0.00421. The van der Waals surface area contributed by atoms with E-state index in [9.17, 15) is 9.59 Å². The molecule has 0 bridgehead atoms. The summed E-state index contributed by atoms with van der Waals surface area (Å²) in [4.78, 5) is 21.9. The van der Waals surface area contributed by atoms with Crippen molar-refractivity contribution in [2.75, 3.05) is 7.11 Å². The van der Waals surface area contributed by atoms with Crippen molar-refractivity contribution >= 4 is 23.8 Å². The highest BCUT2D eigenvalue weighted by Crippen LogP contribution is 2.36. The molecule has 100 valence electrons. The first-order valence-electron chi connectivity index (χ1n) is 5.25. The summed E-state index contributed by atoms with van der Waals surface area (Å²) in [5.74, 6) is 1.91. The molecule has 0 heterocycles. The van der Waals surface area contributed by atoms with E-state index in [0.29, 0.717) is 11.8 Å². The lowest BCUT2D eigenvalue weighted by atomic mass is 10.2. The number of carbonyl (C=O) groups excluding carboxylic acids is 2. The molecule has 1 unspecified atom stereocenters. The summed E-state index contributed by atoms with van der Waals surface area (Å²) in [6.45, 7) is 0. The van der Waals surface area contributed by atoms with Gasteiger partial charge in [-0.25, -0.2) is 0 Å². The maximum absolute atomic E-state index is 11.2. The Kier molecular flexibility index (Phi) is 5.22. The fourth-order valence-electron chi connectivity index (χ4n) is 1.37. The Labute approximate surface area is 115 Å². The van der Waals surface area contributed by atoms with Gasteiger partial charge in [-0.3, -0.25) is 9.59 Å². The van der Waals surface area contributed by atoms with E-state index in [1.165, 1.54) is 19.2 Å². The standard InChI is InChI=1S/C13H12ClNO4/c1-3-4-10(13(15)17)19-12-9(14)5-8(7-16)6-11(12)18-2/h1,5-7,10H,4H2,2H3,(H2,15,17). The topological polar surface area (TPSA) is 78.6 Å². The van der Waals surface area contributed by atoms with Crippen LogP contribution in [0.25, 0.3) is 0 Å². The predicted molar refractivity (Wildman–Crippen MR) is 70.5 cm³/mol. The fourth-order valence-corrected chi connectivity index (χ4v) is 1.64. The zero-order valence-electron chi connectivity index (χ0n) is 10.2. The van der Waals surface area contributed by atoms with Gasteiger partial charge in [0.25, 0.3) is 5.91 Å². The van der Waals surface area contributed by atoms with Gasteiger partial charge in [0.05, 0.1) is 18.6 Å². The second kappa shape index (κ2) is 6.66. The van der Waals surface area contributed by atoms with Crippen molar-refractivity contribution in [2.45, 2.75) is 12.5 Å². The fraction of sp³-hybridized carbons (Fsp3) is 0.231. The molecule has 1 rings (SSSR count). The Hall–Kier alpha value is -2.19. The van der Waals surface area contributed by atoms with Crippen LogP contribution in [0.15, 0.2) is 12.1 Å². The zero-order chi connectivity index (χ0) is 14.4. The third-order valence-electron chi connectivity index (χ3n) is 2.27. The average Bonchev–Trinajstić information content (AvgIpc) is 2.39. The molecule has 0 fully saturated rings. The SMILES string of the molecule is C#CCC(Oc1c(Cl)cc(C=O)cc1OC)C(N)=O. The van der Waals surface area contributed by atoms with Gasteiger partial charge >= 0.3 is 0 Å². The Morgan fingerprint density at radius 3 is 2.79 bits per heavy atom. The van der Waals surface area contributed by atoms with Crippen LogP contribution in [0.4, 0.5) is 0 Å². The van der Waals surface area contributed by atoms with Gasteiger partial charge < -0.3 is 15.2 Å². The molecule has 1 aromatic rings. The highest BCUT2D eigenvalue weighted by molar-refractivity contribution is 6.32. The van der Waals surface area contributed by atoms with Gasteiger partial charge in [0.2, 0.25) is 0 Å². The monoisotopic (exact) mass is 281 g/mol. The van der Waals surface area contributed by atoms with Crippen LogP contribution in [-0.4, -0.2) is 25.4 Å². The molecule has 19 heavy (non-hydrogen) atoms. The molecule has 0 radical (unpaired) electrons. The predicted octanol–water partition coefficient (Wildman–Crippen LogP) is 1.42. The van der Waals surface area contributed by atoms with Gasteiger partial charge in [-0.2, -0.15) is 0 Å². The van der Waals surface area contributed by atoms with E-state index in [1.54, 1.807) is 0 Å². The Morgan fingerprint density at radius 2 is 2.32 bits per heavy atom. The Balaban J connectivity index is 3.15. The molecule has 2 N–H and O–H groups in total. The summed E-state index contributed by atoms with van der Waals surface area (Å²) < 4.78 is 10.4. The van der Waals surface area contributed by atoms with E-state index < -0.39 is 12.0 Å². The molecule has 0 aliphatic carbocycles. The van der Waals surface area contributed by atoms with E-state index in [4.69, 9.17) is 33.2 Å². The second-order valence-electron chi connectivity index (χ2n) is 3.57. The van der Waals surface area contributed by atoms with E-state index in [-0.39, 0.29) is 22.9 Å². The van der Waals surface area contributed by atoms with Gasteiger partial charge in [-0.15, -0.1) is 12.3 Å². The lowest BCUT2D eigenvalue weighted by Crippen LogP contribution is -2.33. The molecule has 1 aromatic carbocycles. The quantitative estimate of drug-likeness (QED) is 0.632. The van der Waals surface area contributed by atoms with Crippen LogP contribution in [0.3, 0.4) is 0 Å². The van der Waals surface area contributed by atoms with Gasteiger partial charge in [-0.05, 0) is 12.1 Å². The number of aldehydes is 1. The molecule has 0 spiro atoms. The third kappa shape index (κ3) is 3.63. The molecule has 0 aliphatic heterocycles. The van der Waals surface area contributed by atoms with E-state index in [2.05, 4.69) is 5.92 Å². The van der Waals surface area contributed by atoms with Crippen molar-refractivity contribution < 1.29 is 19.1 Å². The molecule has 0 aromatic heterocycles. The van der Waals surface area contributed by atoms with Crippen LogP contribution in [0.5, 0.6) is 11.5 Å². The molecule has 0 aliphatic rings. The maximum atomic E-state index is 11.2. The van der Waals surface area contributed by atoms with Gasteiger partial charge in [0, 0.05) is 5.56 Å². The summed E-state index contributed by atoms with van der Waals surface area (Å²) >= 11 is 5.97. The number of methoxy groups -OCH3 is 1. The first kappa shape index (κ1) is 14.9. The summed E-state index contributed by atoms with van der Waals surface area (Å²) in [6.07, 6.45) is 4.73. The highest BCUT2D eigenvalue weighted by Gasteiger charge is 2.21. The summed E-state index contributed by atoms with van der Waals surface area (Å²) in [5, 5.41) is 0.129. The first-order chi connectivity index (χ1) is 9.03. The van der Waals surface area contributed by atoms with Crippen LogP contribution in [-0.2, 0) is 4.79 Å². The number of hydrogen-bond acceptors (Lipinski definition) is 4. The van der Waals surface area contributed by atoms with E-state index >= 15 is 0 Å². The molecule has 1 atom stereocenters. The van der Waals surface area contributed by atoms with Crippen LogP contribution in [0.2, 0.25) is 5.02 Å². The number of terminal acetylenes is 1. The number of ether oxygens (including phenoxy) is 2. The number of amides is 1. The Morgan fingerprint density at radius 1 is 1.63 bits per heavy atom.